The highest BCUT2D eigenvalue weighted by atomic mass is 19.3. The second-order valence-electron chi connectivity index (χ2n) is 7.40. The van der Waals surface area contributed by atoms with Crippen LogP contribution in [0, 0.1) is 5.82 Å². The maximum absolute atomic E-state index is 13.8. The van der Waals surface area contributed by atoms with E-state index in [0.29, 0.717) is 17.1 Å². The molecule has 1 aromatic carbocycles. The number of anilines is 1. The van der Waals surface area contributed by atoms with Crippen molar-refractivity contribution >= 4 is 16.9 Å². The molecule has 5 N–H and O–H groups in total. The first kappa shape index (κ1) is 20.5. The Hall–Kier alpha value is -2.73. The molecule has 0 unspecified atom stereocenters. The van der Waals surface area contributed by atoms with Crippen molar-refractivity contribution in [2.45, 2.75) is 43.5 Å². The van der Waals surface area contributed by atoms with Crippen LogP contribution in [0.4, 0.5) is 19.0 Å². The molecule has 2 aromatic heterocycles. The summed E-state index contributed by atoms with van der Waals surface area (Å²) < 4.78 is 47.0. The van der Waals surface area contributed by atoms with Gasteiger partial charge in [-0.2, -0.15) is 0 Å². The summed E-state index contributed by atoms with van der Waals surface area (Å²) in [6.45, 7) is 1.23. The molecular weight excluding hydrogens is 405 g/mol. The summed E-state index contributed by atoms with van der Waals surface area (Å²) in [7, 11) is 0. The summed E-state index contributed by atoms with van der Waals surface area (Å²) in [5.74, 6) is -0.769. The Morgan fingerprint density at radius 3 is 2.63 bits per heavy atom. The molecule has 8 nitrogen and oxygen atoms in total. The molecule has 0 aliphatic carbocycles. The van der Waals surface area contributed by atoms with Gasteiger partial charge in [0.15, 0.2) is 6.23 Å². The third-order valence-corrected chi connectivity index (χ3v) is 5.37. The molecule has 11 heteroatoms. The average molecular weight is 424 g/mol. The third-order valence-electron chi connectivity index (χ3n) is 5.37. The number of ether oxygens (including phenoxy) is 1. The van der Waals surface area contributed by atoms with Crippen LogP contribution in [0.15, 0.2) is 36.8 Å². The Bertz CT molecular complexity index is 1090. The highest BCUT2D eigenvalue weighted by Gasteiger charge is 2.56. The van der Waals surface area contributed by atoms with Gasteiger partial charge in [-0.05, 0) is 36.8 Å². The van der Waals surface area contributed by atoms with Crippen molar-refractivity contribution in [3.8, 4) is 0 Å². The van der Waals surface area contributed by atoms with Gasteiger partial charge < -0.3 is 30.4 Å². The number of nitrogens with two attached hydrogens (primary N) is 1. The largest absolute Gasteiger partial charge is 0.386 e. The standard InChI is InChI=1S/C19H19F3N4O4/c1-19(29)13(28)18(26-3-2-11-16(23)24-7-25-17(11)26)30-14(19)12(27)8-4-9(15(21)22)6-10(20)5-8/h2-7,12-15,18,27-29H,1H3,(H2,23,24,25)/t12-,13-,14+,18+,19-/m0/s1. The van der Waals surface area contributed by atoms with Gasteiger partial charge >= 0.3 is 0 Å². The highest BCUT2D eigenvalue weighted by molar-refractivity contribution is 5.86. The molecule has 4 rings (SSSR count). The summed E-state index contributed by atoms with van der Waals surface area (Å²) in [5, 5.41) is 32.8. The fourth-order valence-corrected chi connectivity index (χ4v) is 3.73. The van der Waals surface area contributed by atoms with Crippen LogP contribution in [0.3, 0.4) is 0 Å². The summed E-state index contributed by atoms with van der Waals surface area (Å²) in [5.41, 5.74) is 3.29. The number of rotatable bonds is 4. The van der Waals surface area contributed by atoms with Crippen LogP contribution in [-0.4, -0.2) is 47.7 Å². The summed E-state index contributed by atoms with van der Waals surface area (Å²) >= 11 is 0. The van der Waals surface area contributed by atoms with Crippen molar-refractivity contribution < 1.29 is 33.2 Å². The molecule has 1 aliphatic heterocycles. The molecule has 0 radical (unpaired) electrons. The Kier molecular flexibility index (Phi) is 4.93. The molecule has 1 fully saturated rings. The van der Waals surface area contributed by atoms with E-state index in [0.717, 1.165) is 12.1 Å². The predicted molar refractivity (Wildman–Crippen MR) is 98.8 cm³/mol. The topological polar surface area (TPSA) is 127 Å². The lowest BCUT2D eigenvalue weighted by Crippen LogP contribution is -2.47. The van der Waals surface area contributed by atoms with E-state index in [1.54, 1.807) is 6.07 Å². The first-order valence-electron chi connectivity index (χ1n) is 9.00. The average Bonchev–Trinajstić information content (AvgIpc) is 3.21. The second-order valence-corrected chi connectivity index (χ2v) is 7.40. The number of aliphatic hydroxyl groups excluding tert-OH is 2. The molecule has 5 atom stereocenters. The Balaban J connectivity index is 1.71. The molecule has 160 valence electrons. The molecule has 0 saturated carbocycles. The number of aliphatic hydroxyl groups is 3. The van der Waals surface area contributed by atoms with Crippen LogP contribution < -0.4 is 5.73 Å². The van der Waals surface area contributed by atoms with Crippen LogP contribution in [0.1, 0.15) is 36.8 Å². The van der Waals surface area contributed by atoms with E-state index in [9.17, 15) is 28.5 Å². The van der Waals surface area contributed by atoms with E-state index in [4.69, 9.17) is 10.5 Å². The fraction of sp³-hybridized carbons (Fsp3) is 0.368. The predicted octanol–water partition coefficient (Wildman–Crippen LogP) is 1.83. The maximum Gasteiger partial charge on any atom is 0.263 e. The molecular formula is C19H19F3N4O4. The lowest BCUT2D eigenvalue weighted by Gasteiger charge is -2.30. The summed E-state index contributed by atoms with van der Waals surface area (Å²) in [6.07, 6.45) is -6.09. The number of hydrogen-bond acceptors (Lipinski definition) is 7. The number of fused-ring (bicyclic) bond motifs is 1. The Morgan fingerprint density at radius 2 is 1.93 bits per heavy atom. The lowest BCUT2D eigenvalue weighted by molar-refractivity contribution is -0.115. The maximum atomic E-state index is 13.8. The van der Waals surface area contributed by atoms with Crippen molar-refractivity contribution in [2.24, 2.45) is 0 Å². The van der Waals surface area contributed by atoms with E-state index in [1.165, 1.54) is 24.0 Å². The highest BCUT2D eigenvalue weighted by Crippen LogP contribution is 2.44. The quantitative estimate of drug-likeness (QED) is 0.503. The molecule has 1 saturated heterocycles. The Labute approximate surface area is 168 Å². The van der Waals surface area contributed by atoms with Crippen LogP contribution in [0.25, 0.3) is 11.0 Å². The molecule has 3 aromatic rings. The number of alkyl halides is 2. The van der Waals surface area contributed by atoms with E-state index < -0.39 is 47.9 Å². The zero-order chi connectivity index (χ0) is 21.8. The molecule has 0 spiro atoms. The second kappa shape index (κ2) is 7.20. The minimum atomic E-state index is -2.95. The zero-order valence-corrected chi connectivity index (χ0v) is 15.7. The van der Waals surface area contributed by atoms with Gasteiger partial charge in [0, 0.05) is 11.8 Å². The van der Waals surface area contributed by atoms with Crippen molar-refractivity contribution in [3.05, 3.63) is 53.7 Å². The van der Waals surface area contributed by atoms with Gasteiger partial charge in [-0.3, -0.25) is 0 Å². The van der Waals surface area contributed by atoms with E-state index in [-0.39, 0.29) is 11.4 Å². The number of benzene rings is 1. The minimum absolute atomic E-state index is 0.203. The van der Waals surface area contributed by atoms with Gasteiger partial charge in [0.2, 0.25) is 0 Å². The number of hydrogen-bond donors (Lipinski definition) is 4. The van der Waals surface area contributed by atoms with Crippen LogP contribution in [0.2, 0.25) is 0 Å². The lowest BCUT2D eigenvalue weighted by atomic mass is 9.88. The van der Waals surface area contributed by atoms with E-state index in [2.05, 4.69) is 9.97 Å². The molecule has 0 amide bonds. The molecule has 30 heavy (non-hydrogen) atoms. The summed E-state index contributed by atoms with van der Waals surface area (Å²) in [4.78, 5) is 7.98. The number of halogens is 3. The minimum Gasteiger partial charge on any atom is -0.386 e. The number of nitrogens with zero attached hydrogens (tertiary/aromatic N) is 3. The van der Waals surface area contributed by atoms with Gasteiger partial charge in [-0.25, -0.2) is 23.1 Å². The van der Waals surface area contributed by atoms with Gasteiger partial charge in [0.1, 0.15) is 47.5 Å². The first-order valence-corrected chi connectivity index (χ1v) is 9.00. The van der Waals surface area contributed by atoms with Gasteiger partial charge in [0.05, 0.1) is 5.39 Å². The van der Waals surface area contributed by atoms with Crippen molar-refractivity contribution in [1.82, 2.24) is 14.5 Å². The van der Waals surface area contributed by atoms with Crippen molar-refractivity contribution in [2.75, 3.05) is 5.73 Å². The molecule has 0 bridgehead atoms. The van der Waals surface area contributed by atoms with Crippen molar-refractivity contribution in [1.29, 1.82) is 0 Å². The van der Waals surface area contributed by atoms with Gasteiger partial charge in [0.25, 0.3) is 6.43 Å². The fourth-order valence-electron chi connectivity index (χ4n) is 3.73. The van der Waals surface area contributed by atoms with E-state index in [1.807, 2.05) is 0 Å². The summed E-state index contributed by atoms with van der Waals surface area (Å²) in [6, 6.07) is 4.05. The Morgan fingerprint density at radius 1 is 1.23 bits per heavy atom. The number of nitrogen functional groups attached to an aromatic ring is 1. The van der Waals surface area contributed by atoms with Crippen LogP contribution in [0.5, 0.6) is 0 Å². The smallest absolute Gasteiger partial charge is 0.263 e. The zero-order valence-electron chi connectivity index (χ0n) is 15.7. The molecule has 1 aliphatic rings. The molecule has 3 heterocycles. The van der Waals surface area contributed by atoms with Crippen LogP contribution in [-0.2, 0) is 4.74 Å². The van der Waals surface area contributed by atoms with Gasteiger partial charge in [-0.15, -0.1) is 0 Å². The van der Waals surface area contributed by atoms with Gasteiger partial charge in [-0.1, -0.05) is 0 Å². The van der Waals surface area contributed by atoms with Crippen LogP contribution >= 0.6 is 0 Å². The number of aromatic nitrogens is 3. The monoisotopic (exact) mass is 424 g/mol. The first-order chi connectivity index (χ1) is 14.1. The normalized spacial score (nSPS) is 27.8. The van der Waals surface area contributed by atoms with E-state index >= 15 is 0 Å². The third kappa shape index (κ3) is 3.19. The SMILES string of the molecule is C[C@@]1(O)[C@@H]([C@@H](O)c2cc(F)cc(C(F)F)c2)O[C@@H](n2ccc3c(N)ncnc32)[C@@H]1O. The van der Waals surface area contributed by atoms with Crippen molar-refractivity contribution in [3.63, 3.8) is 0 Å².